The van der Waals surface area contributed by atoms with Crippen LogP contribution in [0.3, 0.4) is 0 Å². The van der Waals surface area contributed by atoms with Gasteiger partial charge in [-0.3, -0.25) is 0 Å². The number of nitrogens with two attached hydrogens (primary N) is 1. The SMILES string of the molecule is CCCc1ccccc1Nc1cc(NN)nc(CC)n1. The highest BCUT2D eigenvalue weighted by Crippen LogP contribution is 2.22. The van der Waals surface area contributed by atoms with Crippen LogP contribution >= 0.6 is 0 Å². The van der Waals surface area contributed by atoms with E-state index < -0.39 is 0 Å². The summed E-state index contributed by atoms with van der Waals surface area (Å²) >= 11 is 0. The minimum atomic E-state index is 0.618. The van der Waals surface area contributed by atoms with Gasteiger partial charge in [0.15, 0.2) is 0 Å². The standard InChI is InChI=1S/C15H21N5/c1-3-7-11-8-5-6-9-12(11)17-14-10-15(20-16)19-13(4-2)18-14/h5-6,8-10H,3-4,7,16H2,1-2H3,(H2,17,18,19,20). The normalized spacial score (nSPS) is 10.3. The number of anilines is 3. The predicted molar refractivity (Wildman–Crippen MR) is 82.9 cm³/mol. The van der Waals surface area contributed by atoms with E-state index in [2.05, 4.69) is 45.8 Å². The molecule has 106 valence electrons. The van der Waals surface area contributed by atoms with Gasteiger partial charge >= 0.3 is 0 Å². The first-order chi connectivity index (χ1) is 9.76. The number of aromatic nitrogens is 2. The molecule has 1 aromatic carbocycles. The molecule has 0 spiro atoms. The number of hydrogen-bond acceptors (Lipinski definition) is 5. The van der Waals surface area contributed by atoms with Gasteiger partial charge in [-0.2, -0.15) is 0 Å². The number of nitrogen functional groups attached to an aromatic ring is 1. The van der Waals surface area contributed by atoms with Crippen molar-refractivity contribution in [3.63, 3.8) is 0 Å². The fourth-order valence-electron chi connectivity index (χ4n) is 2.06. The first-order valence-electron chi connectivity index (χ1n) is 6.96. The Labute approximate surface area is 119 Å². The Morgan fingerprint density at radius 3 is 2.55 bits per heavy atom. The first-order valence-corrected chi connectivity index (χ1v) is 6.96. The van der Waals surface area contributed by atoms with Crippen LogP contribution in [0, 0.1) is 0 Å². The maximum absolute atomic E-state index is 5.45. The van der Waals surface area contributed by atoms with E-state index in [-0.39, 0.29) is 0 Å². The lowest BCUT2D eigenvalue weighted by molar-refractivity contribution is 0.920. The Hall–Kier alpha value is -2.14. The number of nitrogens with one attached hydrogen (secondary N) is 2. The van der Waals surface area contributed by atoms with Crippen LogP contribution in [0.4, 0.5) is 17.3 Å². The zero-order valence-corrected chi connectivity index (χ0v) is 12.0. The lowest BCUT2D eigenvalue weighted by atomic mass is 10.1. The van der Waals surface area contributed by atoms with Crippen LogP contribution in [0.1, 0.15) is 31.7 Å². The molecule has 1 aromatic heterocycles. The van der Waals surface area contributed by atoms with Crippen molar-refractivity contribution in [3.8, 4) is 0 Å². The van der Waals surface area contributed by atoms with Gasteiger partial charge in [-0.05, 0) is 18.1 Å². The van der Waals surface area contributed by atoms with Crippen molar-refractivity contribution in [2.24, 2.45) is 5.84 Å². The minimum Gasteiger partial charge on any atom is -0.340 e. The molecule has 0 radical (unpaired) electrons. The summed E-state index contributed by atoms with van der Waals surface area (Å²) < 4.78 is 0. The van der Waals surface area contributed by atoms with E-state index in [0.717, 1.165) is 36.6 Å². The lowest BCUT2D eigenvalue weighted by Crippen LogP contribution is -2.11. The van der Waals surface area contributed by atoms with Gasteiger partial charge in [0.05, 0.1) is 0 Å². The Morgan fingerprint density at radius 2 is 1.85 bits per heavy atom. The Kier molecular flexibility index (Phi) is 4.90. The van der Waals surface area contributed by atoms with Crippen molar-refractivity contribution >= 4 is 17.3 Å². The van der Waals surface area contributed by atoms with Crippen molar-refractivity contribution in [2.45, 2.75) is 33.1 Å². The zero-order chi connectivity index (χ0) is 14.4. The van der Waals surface area contributed by atoms with Gasteiger partial charge in [-0.15, -0.1) is 0 Å². The van der Waals surface area contributed by atoms with Gasteiger partial charge < -0.3 is 10.7 Å². The van der Waals surface area contributed by atoms with Crippen LogP contribution in [0.2, 0.25) is 0 Å². The zero-order valence-electron chi connectivity index (χ0n) is 12.0. The molecule has 0 amide bonds. The second kappa shape index (κ2) is 6.86. The Bertz CT molecular complexity index is 546. The molecule has 0 saturated carbocycles. The van der Waals surface area contributed by atoms with Crippen LogP contribution in [-0.4, -0.2) is 9.97 Å². The highest BCUT2D eigenvalue weighted by atomic mass is 15.3. The summed E-state index contributed by atoms with van der Waals surface area (Å²) in [7, 11) is 0. The molecule has 0 aliphatic heterocycles. The van der Waals surface area contributed by atoms with E-state index in [1.165, 1.54) is 5.56 Å². The van der Waals surface area contributed by atoms with Crippen molar-refractivity contribution in [3.05, 3.63) is 41.7 Å². The molecule has 5 nitrogen and oxygen atoms in total. The third kappa shape index (κ3) is 3.45. The van der Waals surface area contributed by atoms with Gasteiger partial charge in [0.1, 0.15) is 17.5 Å². The maximum Gasteiger partial charge on any atom is 0.145 e. The summed E-state index contributed by atoms with van der Waals surface area (Å²) in [5.74, 6) is 7.58. The quantitative estimate of drug-likeness (QED) is 0.556. The van der Waals surface area contributed by atoms with Crippen molar-refractivity contribution < 1.29 is 0 Å². The van der Waals surface area contributed by atoms with Gasteiger partial charge in [-0.25, -0.2) is 15.8 Å². The van der Waals surface area contributed by atoms with Gasteiger partial charge in [0, 0.05) is 18.2 Å². The molecule has 1 heterocycles. The summed E-state index contributed by atoms with van der Waals surface area (Å²) in [6.07, 6.45) is 2.91. The largest absolute Gasteiger partial charge is 0.340 e. The van der Waals surface area contributed by atoms with Crippen molar-refractivity contribution in [2.75, 3.05) is 10.7 Å². The number of para-hydroxylation sites is 1. The fraction of sp³-hybridized carbons (Fsp3) is 0.333. The summed E-state index contributed by atoms with van der Waals surface area (Å²) in [4.78, 5) is 8.76. The topological polar surface area (TPSA) is 75.9 Å². The van der Waals surface area contributed by atoms with Crippen molar-refractivity contribution in [1.82, 2.24) is 9.97 Å². The molecule has 2 aromatic rings. The molecular formula is C15H21N5. The molecule has 0 atom stereocenters. The van der Waals surface area contributed by atoms with Crippen LogP contribution in [-0.2, 0) is 12.8 Å². The first kappa shape index (κ1) is 14.3. The fourth-order valence-corrected chi connectivity index (χ4v) is 2.06. The van der Waals surface area contributed by atoms with E-state index in [1.54, 1.807) is 0 Å². The predicted octanol–water partition coefficient (Wildman–Crippen LogP) is 3.02. The second-order valence-corrected chi connectivity index (χ2v) is 4.58. The van der Waals surface area contributed by atoms with E-state index in [9.17, 15) is 0 Å². The molecule has 0 unspecified atom stereocenters. The lowest BCUT2D eigenvalue weighted by Gasteiger charge is -2.12. The average molecular weight is 271 g/mol. The second-order valence-electron chi connectivity index (χ2n) is 4.58. The smallest absolute Gasteiger partial charge is 0.145 e. The van der Waals surface area contributed by atoms with E-state index in [1.807, 2.05) is 19.1 Å². The summed E-state index contributed by atoms with van der Waals surface area (Å²) in [6.45, 7) is 4.19. The van der Waals surface area contributed by atoms with Gasteiger partial charge in [0.2, 0.25) is 0 Å². The number of rotatable bonds is 6. The molecule has 5 heteroatoms. The number of hydrazine groups is 1. The third-order valence-electron chi connectivity index (χ3n) is 3.04. The molecular weight excluding hydrogens is 250 g/mol. The maximum atomic E-state index is 5.45. The number of aryl methyl sites for hydroxylation is 2. The molecule has 0 fully saturated rings. The molecule has 2 rings (SSSR count). The van der Waals surface area contributed by atoms with Crippen LogP contribution < -0.4 is 16.6 Å². The molecule has 0 bridgehead atoms. The van der Waals surface area contributed by atoms with Crippen LogP contribution in [0.5, 0.6) is 0 Å². The monoisotopic (exact) mass is 271 g/mol. The minimum absolute atomic E-state index is 0.618. The molecule has 0 aliphatic carbocycles. The highest BCUT2D eigenvalue weighted by molar-refractivity contribution is 5.62. The van der Waals surface area contributed by atoms with Crippen molar-refractivity contribution in [1.29, 1.82) is 0 Å². The summed E-state index contributed by atoms with van der Waals surface area (Å²) in [5, 5.41) is 3.36. The molecule has 0 aliphatic rings. The van der Waals surface area contributed by atoms with Crippen LogP contribution in [0.25, 0.3) is 0 Å². The molecule has 0 saturated heterocycles. The summed E-state index contributed by atoms with van der Waals surface area (Å²) in [5.41, 5.74) is 4.94. The number of benzene rings is 1. The molecule has 4 N–H and O–H groups in total. The Balaban J connectivity index is 2.29. The van der Waals surface area contributed by atoms with E-state index in [4.69, 9.17) is 5.84 Å². The van der Waals surface area contributed by atoms with E-state index in [0.29, 0.717) is 5.82 Å². The van der Waals surface area contributed by atoms with E-state index >= 15 is 0 Å². The van der Waals surface area contributed by atoms with Crippen LogP contribution in [0.15, 0.2) is 30.3 Å². The number of nitrogens with zero attached hydrogens (tertiary/aromatic N) is 2. The van der Waals surface area contributed by atoms with Gasteiger partial charge in [0.25, 0.3) is 0 Å². The number of hydrogen-bond donors (Lipinski definition) is 3. The highest BCUT2D eigenvalue weighted by Gasteiger charge is 2.05. The summed E-state index contributed by atoms with van der Waals surface area (Å²) in [6, 6.07) is 10.1. The molecule has 20 heavy (non-hydrogen) atoms. The average Bonchev–Trinajstić information content (AvgIpc) is 2.49. The Morgan fingerprint density at radius 1 is 1.10 bits per heavy atom. The third-order valence-corrected chi connectivity index (χ3v) is 3.04. The van der Waals surface area contributed by atoms with Gasteiger partial charge in [-0.1, -0.05) is 38.5 Å².